The Hall–Kier alpha value is -6.77. The average molecular weight is 1250 g/mol. The van der Waals surface area contributed by atoms with Gasteiger partial charge in [-0.2, -0.15) is 4.57 Å². The minimum atomic E-state index is -4.46. The van der Waals surface area contributed by atoms with E-state index in [4.69, 9.17) is 49.8 Å². The largest absolute Gasteiger partial charge is 0.646 e. The zero-order valence-electron chi connectivity index (χ0n) is 45.5. The highest BCUT2D eigenvalue weighted by Gasteiger charge is 2.64. The van der Waals surface area contributed by atoms with Crippen molar-refractivity contribution in [1.29, 1.82) is 0 Å². The van der Waals surface area contributed by atoms with Gasteiger partial charge in [-0.25, -0.2) is 14.4 Å². The van der Waals surface area contributed by atoms with Gasteiger partial charge in [-0.1, -0.05) is 62.3 Å². The first-order valence-electron chi connectivity index (χ1n) is 25.3. The predicted octanol–water partition coefficient (Wildman–Crippen LogP) is 3.76. The van der Waals surface area contributed by atoms with Gasteiger partial charge in [0, 0.05) is 32.5 Å². The monoisotopic (exact) mass is 1250 g/mol. The summed E-state index contributed by atoms with van der Waals surface area (Å²) in [4.78, 5) is 104. The number of carbonyl (C=O) groups is 8. The first-order chi connectivity index (χ1) is 39.9. The van der Waals surface area contributed by atoms with Crippen LogP contribution in [0.5, 0.6) is 11.5 Å². The maximum atomic E-state index is 13.9. The number of aliphatic hydroxyl groups excluding tert-OH is 3. The number of azide groups is 1. The number of aliphatic carboxylic acids is 1. The van der Waals surface area contributed by atoms with Crippen LogP contribution in [0.1, 0.15) is 41.5 Å². The summed E-state index contributed by atoms with van der Waals surface area (Å²) in [6.07, 6.45) is -2.66. The van der Waals surface area contributed by atoms with Crippen molar-refractivity contribution in [1.82, 2.24) is 25.3 Å². The number of carboxylic acids is 1. The summed E-state index contributed by atoms with van der Waals surface area (Å²) >= 11 is 2.33. The topological polar surface area (TPSA) is 414 Å². The predicted molar refractivity (Wildman–Crippen MR) is 303 cm³/mol. The summed E-state index contributed by atoms with van der Waals surface area (Å²) in [6, 6.07) is 15.1. The molecule has 6 aliphatic rings. The van der Waals surface area contributed by atoms with Crippen molar-refractivity contribution in [2.45, 2.75) is 78.0 Å². The number of nitrogens with one attached hydrogen (secondary N) is 2. The molecule has 8 rings (SSSR count). The molecule has 444 valence electrons. The molecule has 6 heterocycles. The lowest BCUT2D eigenvalue weighted by Gasteiger charge is -2.46. The van der Waals surface area contributed by atoms with E-state index in [1.165, 1.54) is 47.2 Å². The third kappa shape index (κ3) is 14.3. The van der Waals surface area contributed by atoms with Gasteiger partial charge in [0.25, 0.3) is 16.0 Å². The van der Waals surface area contributed by atoms with E-state index >= 15 is 0 Å². The van der Waals surface area contributed by atoms with Crippen LogP contribution in [0.2, 0.25) is 0 Å². The quantitative estimate of drug-likeness (QED) is 0.0158. The number of nitrogens with zero attached hydrogens (tertiary/aromatic N) is 8. The number of carbonyl (C=O) groups excluding carboxylic acids is 7. The van der Waals surface area contributed by atoms with E-state index in [1.807, 2.05) is 13.8 Å². The molecule has 29 nitrogen and oxygen atoms in total. The lowest BCUT2D eigenvalue weighted by molar-refractivity contribution is -0.163. The van der Waals surface area contributed by atoms with Gasteiger partial charge in [-0.05, 0) is 50.6 Å². The number of para-hydroxylation sites is 2. The lowest BCUT2D eigenvalue weighted by Crippen LogP contribution is -2.63. The van der Waals surface area contributed by atoms with Crippen molar-refractivity contribution in [2.24, 2.45) is 55.7 Å². The van der Waals surface area contributed by atoms with Crippen molar-refractivity contribution in [2.75, 3.05) is 24.8 Å². The van der Waals surface area contributed by atoms with Gasteiger partial charge in [-0.3, -0.25) is 28.9 Å². The minimum absolute atomic E-state index is 0.0496. The number of carboxylic acid groups (broad SMARTS) is 1. The second kappa shape index (κ2) is 29.4. The van der Waals surface area contributed by atoms with Crippen LogP contribution in [0, 0.1) is 35.5 Å². The molecule has 0 aliphatic carbocycles. The standard InChI is InChI=1S/C22H21BN2O8P2.C13H16BN6O5PS.C13H19N3O5S/c1-13-18-17(14(2)26)21(27)25(18)19(22(28)30-34-24-23)20(13)33-35(29,31-15-9-5-3-6-10-15)32-16-11-7-4-8-12-16;1-5-9-8(6(2)21)12(23)20(9)10(13(24)25-26-18-14)11(5)27-4-16-7(22)3-17-19-15;1-5-9-8(6(2)17)12(19)16(9)10(13(20)21)11(5)22-4-15-7(18)3-14/h3-14,17-18,26H,1-2H3;5-6,8-9,21H,3-4H2,1-2H3,(H,16,22);5-6,8-9,17H,3-4,14H2,1-2H3,(H,15,18)(H,20,21). The van der Waals surface area contributed by atoms with Crippen LogP contribution in [0.3, 0.4) is 0 Å². The molecular formula is C48H56B2N11O18P3S2. The summed E-state index contributed by atoms with van der Waals surface area (Å²) in [7, 11) is 5.27. The van der Waals surface area contributed by atoms with Gasteiger partial charge >= 0.3 is 25.7 Å². The SMILES string of the molecule is CC(O)C1C(=O)N2C(C(=O)O)=C(SCNC(=O)CN)C(C)C12.[B]N=POC(=O)C1=C(OP(=O)(Oc2ccccc2)Oc2ccccc2)C(C)C2C(C(C)O)C(=O)N12.[B]N=POC(=O)C1=C(SCNC(=O)CN=[N+]=[N-])C(C)C2C(C(C)O)C(=O)N12. The molecule has 12 atom stereocenters. The van der Waals surface area contributed by atoms with Gasteiger partial charge in [0.05, 0.1) is 72.5 Å². The Morgan fingerprint density at radius 2 is 1.07 bits per heavy atom. The van der Waals surface area contributed by atoms with E-state index in [-0.39, 0.29) is 118 Å². The molecular weight excluding hydrogens is 1200 g/mol. The third-order valence-corrected chi connectivity index (χ3v) is 18.1. The molecule has 2 aromatic carbocycles. The van der Waals surface area contributed by atoms with Crippen LogP contribution in [-0.2, 0) is 56.5 Å². The lowest BCUT2D eigenvalue weighted by atomic mass is 9.79. The van der Waals surface area contributed by atoms with E-state index in [1.54, 1.807) is 67.6 Å². The molecule has 0 saturated carbocycles. The second-order valence-corrected chi connectivity index (χ2v) is 23.7. The Bertz CT molecular complexity index is 3100. The number of hydrogen-bond donors (Lipinski definition) is 7. The number of benzene rings is 2. The summed E-state index contributed by atoms with van der Waals surface area (Å²) in [5.41, 5.74) is 13.1. The number of hydrogen-bond acceptors (Lipinski definition) is 23. The van der Waals surface area contributed by atoms with E-state index in [9.17, 15) is 63.3 Å². The fraction of sp³-hybridized carbons (Fsp3) is 0.458. The van der Waals surface area contributed by atoms with Gasteiger partial charge < -0.3 is 78.5 Å². The van der Waals surface area contributed by atoms with Crippen LogP contribution in [0.15, 0.2) is 108 Å². The van der Waals surface area contributed by atoms with E-state index in [2.05, 4.69) is 30.0 Å². The number of β-lactam (4-membered cyclic amide) rings is 3. The molecule has 3 saturated heterocycles. The number of nitrogens with two attached hydrogens (primary N) is 1. The summed E-state index contributed by atoms with van der Waals surface area (Å²) in [5.74, 6) is -7.46. The first-order valence-corrected chi connectivity index (χ1v) is 30.3. The zero-order chi connectivity index (χ0) is 61.9. The summed E-state index contributed by atoms with van der Waals surface area (Å²) in [6.45, 7) is 9.38. The fourth-order valence-corrected chi connectivity index (χ4v) is 14.3. The Kier molecular flexibility index (Phi) is 23.2. The van der Waals surface area contributed by atoms with E-state index in [0.29, 0.717) is 9.81 Å². The average Bonchev–Trinajstić information content (AvgIpc) is 1.76. The van der Waals surface area contributed by atoms with E-state index in [0.717, 1.165) is 11.8 Å². The second-order valence-electron chi connectivity index (χ2n) is 19.1. The number of aliphatic hydroxyl groups is 3. The van der Waals surface area contributed by atoms with Gasteiger partial charge in [0.15, 0.2) is 5.70 Å². The van der Waals surface area contributed by atoms with Gasteiger partial charge in [-0.15, -0.1) is 23.5 Å². The normalized spacial score (nSPS) is 24.8. The maximum Gasteiger partial charge on any atom is 0.646 e. The highest BCUT2D eigenvalue weighted by atomic mass is 32.2. The summed E-state index contributed by atoms with van der Waals surface area (Å²) < 4.78 is 47.3. The smallest absolute Gasteiger partial charge is 0.477 e. The number of phosphoric ester groups is 1. The minimum Gasteiger partial charge on any atom is -0.477 e. The van der Waals surface area contributed by atoms with Gasteiger partial charge in [0.2, 0.25) is 46.7 Å². The molecule has 36 heteroatoms. The molecule has 0 bridgehead atoms. The van der Waals surface area contributed by atoms with Crippen LogP contribution in [0.4, 0.5) is 0 Å². The van der Waals surface area contributed by atoms with E-state index < -0.39 is 85.6 Å². The number of fused-ring (bicyclic) bond motifs is 3. The van der Waals surface area contributed by atoms with Crippen molar-refractivity contribution < 1.29 is 86.0 Å². The Balaban J connectivity index is 0.000000208. The first kappa shape index (κ1) is 66.4. The number of amides is 5. The molecule has 4 radical (unpaired) electrons. The Labute approximate surface area is 494 Å². The maximum absolute atomic E-state index is 13.9. The Morgan fingerprint density at radius 3 is 1.48 bits per heavy atom. The van der Waals surface area contributed by atoms with Crippen molar-refractivity contribution >= 4 is 112 Å². The highest BCUT2D eigenvalue weighted by molar-refractivity contribution is 8.03. The van der Waals surface area contributed by atoms with Crippen LogP contribution in [0.25, 0.3) is 10.4 Å². The van der Waals surface area contributed by atoms with Crippen LogP contribution in [-0.4, -0.2) is 160 Å². The molecule has 3 fully saturated rings. The molecule has 12 unspecified atom stereocenters. The molecule has 6 aliphatic heterocycles. The number of rotatable bonds is 23. The van der Waals surface area contributed by atoms with Crippen LogP contribution < -0.4 is 25.4 Å². The molecule has 0 spiro atoms. The molecule has 0 aromatic heterocycles. The molecule has 8 N–H and O–H groups in total. The number of phosphoric acid groups is 1. The third-order valence-electron chi connectivity index (χ3n) is 13.8. The molecule has 2 aromatic rings. The summed E-state index contributed by atoms with van der Waals surface area (Å²) in [5, 5.41) is 47.3. The van der Waals surface area contributed by atoms with Crippen molar-refractivity contribution in [3.8, 4) is 11.5 Å². The number of thioether (sulfide) groups is 2. The highest BCUT2D eigenvalue weighted by Crippen LogP contribution is 2.58. The Morgan fingerprint density at radius 1 is 0.679 bits per heavy atom. The molecule has 5 amide bonds. The van der Waals surface area contributed by atoms with Gasteiger partial charge in [0.1, 0.15) is 35.2 Å². The zero-order valence-corrected chi connectivity index (χ0v) is 49.8. The molecule has 84 heavy (non-hydrogen) atoms. The van der Waals surface area contributed by atoms with Crippen molar-refractivity contribution in [3.63, 3.8) is 0 Å². The van der Waals surface area contributed by atoms with Crippen molar-refractivity contribution in [3.05, 3.63) is 104 Å². The van der Waals surface area contributed by atoms with Crippen LogP contribution >= 0.6 is 48.5 Å². The fourth-order valence-electron chi connectivity index (χ4n) is 10.3.